The third-order valence-corrected chi connectivity index (χ3v) is 1.87. The molecule has 1 rings (SSSR count). The zero-order chi connectivity index (χ0) is 10.4. The van der Waals surface area contributed by atoms with E-state index in [2.05, 4.69) is 10.5 Å². The molecule has 0 bridgehead atoms. The Morgan fingerprint density at radius 3 is 2.93 bits per heavy atom. The predicted octanol–water partition coefficient (Wildman–Crippen LogP) is 0.596. The lowest BCUT2D eigenvalue weighted by atomic mass is 10.2. The maximum Gasteiger partial charge on any atom is 0.354 e. The molecule has 1 amide bonds. The number of nitrogens with zero attached hydrogens (tertiary/aromatic N) is 1. The van der Waals surface area contributed by atoms with Gasteiger partial charge in [0, 0.05) is 12.8 Å². The Bertz CT molecular complexity index is 261. The minimum Gasteiger partial charge on any atom is -0.461 e. The first-order chi connectivity index (χ1) is 6.74. The molecule has 1 aliphatic heterocycles. The Balaban J connectivity index is 2.33. The quantitative estimate of drug-likeness (QED) is 0.531. The molecule has 14 heavy (non-hydrogen) atoms. The summed E-state index contributed by atoms with van der Waals surface area (Å²) in [6.45, 7) is 2.44. The average Bonchev–Trinajstić information content (AvgIpc) is 2.19. The summed E-state index contributed by atoms with van der Waals surface area (Å²) in [5.41, 5.74) is 2.56. The Morgan fingerprint density at radius 1 is 1.57 bits per heavy atom. The maximum atomic E-state index is 11.3. The van der Waals surface area contributed by atoms with Crippen LogP contribution in [0, 0.1) is 0 Å². The van der Waals surface area contributed by atoms with Gasteiger partial charge in [-0.1, -0.05) is 13.3 Å². The largest absolute Gasteiger partial charge is 0.461 e. The predicted molar refractivity (Wildman–Crippen MR) is 50.7 cm³/mol. The molecule has 5 nitrogen and oxygen atoms in total. The van der Waals surface area contributed by atoms with Gasteiger partial charge in [0.25, 0.3) is 0 Å². The highest BCUT2D eigenvalue weighted by atomic mass is 16.5. The normalized spacial score (nSPS) is 15.8. The molecule has 0 radical (unpaired) electrons. The van der Waals surface area contributed by atoms with Crippen molar-refractivity contribution < 1.29 is 14.3 Å². The van der Waals surface area contributed by atoms with Gasteiger partial charge in [0.05, 0.1) is 6.61 Å². The first-order valence-corrected chi connectivity index (χ1v) is 4.76. The van der Waals surface area contributed by atoms with Crippen LogP contribution in [-0.4, -0.2) is 24.2 Å². The summed E-state index contributed by atoms with van der Waals surface area (Å²) in [6, 6.07) is 0. The number of hydrazone groups is 1. The van der Waals surface area contributed by atoms with Crippen LogP contribution in [0.3, 0.4) is 0 Å². The standard InChI is InChI=1S/C9H14N2O3/c1-2-3-6-14-9(13)7-4-5-8(12)11-10-7/h2-6H2,1H3,(H,11,12). The molecule has 1 aliphatic rings. The molecule has 0 aromatic carbocycles. The van der Waals surface area contributed by atoms with Crippen molar-refractivity contribution in [1.29, 1.82) is 0 Å². The summed E-state index contributed by atoms with van der Waals surface area (Å²) < 4.78 is 4.94. The highest BCUT2D eigenvalue weighted by molar-refractivity contribution is 6.37. The molecule has 0 fully saturated rings. The van der Waals surface area contributed by atoms with Crippen LogP contribution in [0.2, 0.25) is 0 Å². The molecule has 0 atom stereocenters. The molecule has 0 aliphatic carbocycles. The van der Waals surface area contributed by atoms with Crippen LogP contribution < -0.4 is 5.43 Å². The fourth-order valence-corrected chi connectivity index (χ4v) is 1.01. The number of amides is 1. The Kier molecular flexibility index (Phi) is 4.10. The van der Waals surface area contributed by atoms with E-state index in [1.165, 1.54) is 0 Å². The zero-order valence-corrected chi connectivity index (χ0v) is 8.21. The van der Waals surface area contributed by atoms with Crippen molar-refractivity contribution in [2.75, 3.05) is 6.61 Å². The molecule has 1 N–H and O–H groups in total. The van der Waals surface area contributed by atoms with Gasteiger partial charge in [0.15, 0.2) is 0 Å². The van der Waals surface area contributed by atoms with Crippen LogP contribution >= 0.6 is 0 Å². The van der Waals surface area contributed by atoms with Crippen LogP contribution in [0.25, 0.3) is 0 Å². The number of carbonyl (C=O) groups excluding carboxylic acids is 2. The highest BCUT2D eigenvalue weighted by Crippen LogP contribution is 2.01. The van der Waals surface area contributed by atoms with Crippen molar-refractivity contribution in [3.05, 3.63) is 0 Å². The van der Waals surface area contributed by atoms with Crippen molar-refractivity contribution >= 4 is 17.6 Å². The van der Waals surface area contributed by atoms with Gasteiger partial charge in [-0.2, -0.15) is 5.10 Å². The molecule has 5 heteroatoms. The molecule has 78 valence electrons. The maximum absolute atomic E-state index is 11.3. The van der Waals surface area contributed by atoms with Crippen molar-refractivity contribution in [3.8, 4) is 0 Å². The Hall–Kier alpha value is -1.39. The van der Waals surface area contributed by atoms with E-state index in [4.69, 9.17) is 4.74 Å². The van der Waals surface area contributed by atoms with Crippen LogP contribution in [0.1, 0.15) is 32.6 Å². The minimum absolute atomic E-state index is 0.157. The first-order valence-electron chi connectivity index (χ1n) is 4.76. The third kappa shape index (κ3) is 3.16. The third-order valence-electron chi connectivity index (χ3n) is 1.87. The van der Waals surface area contributed by atoms with Crippen LogP contribution in [-0.2, 0) is 14.3 Å². The van der Waals surface area contributed by atoms with Crippen LogP contribution in [0.15, 0.2) is 5.10 Å². The molecule has 0 unspecified atom stereocenters. The van der Waals surface area contributed by atoms with Crippen molar-refractivity contribution in [1.82, 2.24) is 5.43 Å². The second-order valence-corrected chi connectivity index (χ2v) is 3.08. The molecular weight excluding hydrogens is 184 g/mol. The number of nitrogens with one attached hydrogen (secondary N) is 1. The summed E-state index contributed by atoms with van der Waals surface area (Å²) in [6.07, 6.45) is 2.51. The van der Waals surface area contributed by atoms with E-state index in [0.717, 1.165) is 12.8 Å². The highest BCUT2D eigenvalue weighted by Gasteiger charge is 2.18. The second kappa shape index (κ2) is 5.36. The number of carbonyl (C=O) groups is 2. The number of hydrogen-bond acceptors (Lipinski definition) is 4. The molecular formula is C9H14N2O3. The van der Waals surface area contributed by atoms with E-state index in [9.17, 15) is 9.59 Å². The van der Waals surface area contributed by atoms with E-state index in [1.807, 2.05) is 6.92 Å². The summed E-state index contributed by atoms with van der Waals surface area (Å²) >= 11 is 0. The fraction of sp³-hybridized carbons (Fsp3) is 0.667. The zero-order valence-electron chi connectivity index (χ0n) is 8.21. The number of esters is 1. The van der Waals surface area contributed by atoms with Crippen molar-refractivity contribution in [2.24, 2.45) is 5.10 Å². The monoisotopic (exact) mass is 198 g/mol. The number of unbranched alkanes of at least 4 members (excludes halogenated alkanes) is 1. The Morgan fingerprint density at radius 2 is 2.36 bits per heavy atom. The lowest BCUT2D eigenvalue weighted by molar-refractivity contribution is -0.135. The van der Waals surface area contributed by atoms with E-state index < -0.39 is 5.97 Å². The molecule has 0 aromatic heterocycles. The van der Waals surface area contributed by atoms with Crippen LogP contribution in [0.4, 0.5) is 0 Å². The smallest absolute Gasteiger partial charge is 0.354 e. The van der Waals surface area contributed by atoms with Crippen molar-refractivity contribution in [2.45, 2.75) is 32.6 Å². The van der Waals surface area contributed by atoms with E-state index >= 15 is 0 Å². The van der Waals surface area contributed by atoms with Crippen molar-refractivity contribution in [3.63, 3.8) is 0 Å². The van der Waals surface area contributed by atoms with E-state index in [1.54, 1.807) is 0 Å². The topological polar surface area (TPSA) is 67.8 Å². The number of ether oxygens (including phenoxy) is 1. The SMILES string of the molecule is CCCCOC(=O)C1=NNC(=O)CC1. The van der Waals surface area contributed by atoms with Gasteiger partial charge in [-0.3, -0.25) is 4.79 Å². The van der Waals surface area contributed by atoms with Gasteiger partial charge >= 0.3 is 5.97 Å². The second-order valence-electron chi connectivity index (χ2n) is 3.08. The fourth-order valence-electron chi connectivity index (χ4n) is 1.01. The first kappa shape index (κ1) is 10.7. The van der Waals surface area contributed by atoms with Gasteiger partial charge in [-0.05, 0) is 6.42 Å². The van der Waals surface area contributed by atoms with Crippen LogP contribution in [0.5, 0.6) is 0 Å². The lowest BCUT2D eigenvalue weighted by Crippen LogP contribution is -2.30. The molecule has 0 saturated carbocycles. The molecule has 1 heterocycles. The van der Waals surface area contributed by atoms with Gasteiger partial charge in [-0.15, -0.1) is 0 Å². The molecule has 0 spiro atoms. The minimum atomic E-state index is -0.418. The summed E-state index contributed by atoms with van der Waals surface area (Å²) in [5, 5.41) is 3.63. The van der Waals surface area contributed by atoms with Gasteiger partial charge in [0.1, 0.15) is 5.71 Å². The number of hydrogen-bond donors (Lipinski definition) is 1. The number of rotatable bonds is 4. The van der Waals surface area contributed by atoms with Gasteiger partial charge < -0.3 is 4.74 Å². The van der Waals surface area contributed by atoms with E-state index in [-0.39, 0.29) is 5.91 Å². The van der Waals surface area contributed by atoms with E-state index in [0.29, 0.717) is 25.2 Å². The molecule has 0 aromatic rings. The summed E-state index contributed by atoms with van der Waals surface area (Å²) in [4.78, 5) is 22.0. The lowest BCUT2D eigenvalue weighted by Gasteiger charge is -2.10. The average molecular weight is 198 g/mol. The van der Waals surface area contributed by atoms with Gasteiger partial charge in [-0.25, -0.2) is 10.2 Å². The molecule has 0 saturated heterocycles. The van der Waals surface area contributed by atoms with Gasteiger partial charge in [0.2, 0.25) is 5.91 Å². The Labute approximate surface area is 82.5 Å². The summed E-state index contributed by atoms with van der Waals surface area (Å²) in [7, 11) is 0. The summed E-state index contributed by atoms with van der Waals surface area (Å²) in [5.74, 6) is -0.575.